The maximum absolute atomic E-state index is 11.7. The van der Waals surface area contributed by atoms with Crippen molar-refractivity contribution in [1.29, 1.82) is 0 Å². The molecule has 0 aliphatic heterocycles. The van der Waals surface area contributed by atoms with Crippen LogP contribution in [0.15, 0.2) is 54.6 Å². The lowest BCUT2D eigenvalue weighted by Crippen LogP contribution is -2.22. The summed E-state index contributed by atoms with van der Waals surface area (Å²) in [6.07, 6.45) is 4.74. The monoisotopic (exact) mass is 344 g/mol. The van der Waals surface area contributed by atoms with Crippen molar-refractivity contribution in [1.82, 2.24) is 5.32 Å². The van der Waals surface area contributed by atoms with Crippen molar-refractivity contribution in [2.75, 3.05) is 6.54 Å². The number of nitrogens with zero attached hydrogens (tertiary/aromatic N) is 1. The summed E-state index contributed by atoms with van der Waals surface area (Å²) in [5.41, 5.74) is 1.94. The number of halogens is 1. The predicted molar refractivity (Wildman–Crippen MR) is 94.9 cm³/mol. The molecule has 0 unspecified atom stereocenters. The second kappa shape index (κ2) is 8.84. The molecular weight excluding hydrogens is 328 g/mol. The first-order chi connectivity index (χ1) is 11.5. The number of nitro benzene ring substituents is 1. The molecule has 0 saturated carbocycles. The van der Waals surface area contributed by atoms with Crippen LogP contribution in [0.1, 0.15) is 17.5 Å². The van der Waals surface area contributed by atoms with E-state index in [-0.39, 0.29) is 11.6 Å². The third-order valence-corrected chi connectivity index (χ3v) is 3.64. The summed E-state index contributed by atoms with van der Waals surface area (Å²) in [4.78, 5) is 21.8. The molecule has 24 heavy (non-hydrogen) atoms. The number of non-ortho nitro benzene ring substituents is 1. The maximum atomic E-state index is 11.7. The average molecular weight is 345 g/mol. The van der Waals surface area contributed by atoms with E-state index in [1.54, 1.807) is 18.2 Å². The largest absolute Gasteiger partial charge is 0.353 e. The quantitative estimate of drug-likeness (QED) is 0.357. The van der Waals surface area contributed by atoms with Gasteiger partial charge >= 0.3 is 0 Å². The normalized spacial score (nSPS) is 10.7. The van der Waals surface area contributed by atoms with Crippen LogP contribution in [0.2, 0.25) is 5.02 Å². The molecule has 5 nitrogen and oxygen atoms in total. The zero-order chi connectivity index (χ0) is 17.4. The van der Waals surface area contributed by atoms with E-state index in [1.165, 1.54) is 23.8 Å². The van der Waals surface area contributed by atoms with E-state index in [0.29, 0.717) is 11.6 Å². The van der Waals surface area contributed by atoms with Crippen LogP contribution in [0.25, 0.3) is 6.08 Å². The fraction of sp³-hybridized carbons (Fsp3) is 0.167. The van der Waals surface area contributed by atoms with Gasteiger partial charge in [0, 0.05) is 29.8 Å². The van der Waals surface area contributed by atoms with Gasteiger partial charge in [0.2, 0.25) is 5.91 Å². The lowest BCUT2D eigenvalue weighted by Gasteiger charge is -2.03. The Morgan fingerprint density at radius 1 is 1.12 bits per heavy atom. The number of nitro groups is 1. The van der Waals surface area contributed by atoms with Gasteiger partial charge in [-0.2, -0.15) is 0 Å². The highest BCUT2D eigenvalue weighted by molar-refractivity contribution is 6.30. The fourth-order valence-corrected chi connectivity index (χ4v) is 2.22. The van der Waals surface area contributed by atoms with Crippen molar-refractivity contribution in [2.24, 2.45) is 0 Å². The summed E-state index contributed by atoms with van der Waals surface area (Å²) in [6.45, 7) is 0.575. The van der Waals surface area contributed by atoms with E-state index in [1.807, 2.05) is 24.3 Å². The van der Waals surface area contributed by atoms with Gasteiger partial charge in [-0.25, -0.2) is 0 Å². The van der Waals surface area contributed by atoms with Crippen LogP contribution >= 0.6 is 11.6 Å². The number of hydrogen-bond acceptors (Lipinski definition) is 3. The molecule has 2 rings (SSSR count). The third-order valence-electron chi connectivity index (χ3n) is 3.39. The Labute approximate surface area is 145 Å². The number of carbonyl (C=O) groups excluding carboxylic acids is 1. The molecule has 0 atom stereocenters. The first-order valence-corrected chi connectivity index (χ1v) is 7.87. The van der Waals surface area contributed by atoms with E-state index < -0.39 is 4.92 Å². The molecule has 0 heterocycles. The molecule has 0 radical (unpaired) electrons. The minimum Gasteiger partial charge on any atom is -0.353 e. The second-order valence-corrected chi connectivity index (χ2v) is 5.64. The van der Waals surface area contributed by atoms with Gasteiger partial charge in [-0.3, -0.25) is 14.9 Å². The van der Waals surface area contributed by atoms with Crippen molar-refractivity contribution in [3.63, 3.8) is 0 Å². The van der Waals surface area contributed by atoms with Crippen LogP contribution in [0.4, 0.5) is 5.69 Å². The Kier molecular flexibility index (Phi) is 6.51. The van der Waals surface area contributed by atoms with Crippen LogP contribution in [-0.2, 0) is 11.2 Å². The van der Waals surface area contributed by atoms with Gasteiger partial charge in [-0.1, -0.05) is 23.7 Å². The molecule has 1 amide bonds. The lowest BCUT2D eigenvalue weighted by molar-refractivity contribution is -0.384. The summed E-state index contributed by atoms with van der Waals surface area (Å²) < 4.78 is 0. The molecule has 0 bridgehead atoms. The Hall–Kier alpha value is -2.66. The maximum Gasteiger partial charge on any atom is 0.269 e. The minimum absolute atomic E-state index is 0.0267. The first kappa shape index (κ1) is 17.7. The lowest BCUT2D eigenvalue weighted by atomic mass is 10.1. The van der Waals surface area contributed by atoms with Crippen LogP contribution < -0.4 is 5.32 Å². The van der Waals surface area contributed by atoms with Crippen molar-refractivity contribution in [3.8, 4) is 0 Å². The van der Waals surface area contributed by atoms with Crippen molar-refractivity contribution in [2.45, 2.75) is 12.8 Å². The van der Waals surface area contributed by atoms with Gasteiger partial charge in [0.05, 0.1) is 4.92 Å². The molecular formula is C18H17ClN2O3. The average Bonchev–Trinajstić information content (AvgIpc) is 2.59. The number of aryl methyl sites for hydroxylation is 1. The smallest absolute Gasteiger partial charge is 0.269 e. The van der Waals surface area contributed by atoms with Gasteiger partial charge in [-0.05, 0) is 54.3 Å². The topological polar surface area (TPSA) is 72.2 Å². The number of carbonyl (C=O) groups is 1. The number of amides is 1. The fourth-order valence-electron chi connectivity index (χ4n) is 2.09. The standard InChI is InChI=1S/C18H17ClN2O3/c19-16-8-3-14(4-9-16)2-1-13-20-18(22)12-7-15-5-10-17(11-6-15)21(23)24/h3-12H,1-2,13H2,(H,20,22)/b12-7+. The Morgan fingerprint density at radius 2 is 1.79 bits per heavy atom. The molecule has 0 aliphatic rings. The highest BCUT2D eigenvalue weighted by Crippen LogP contribution is 2.13. The number of hydrogen-bond donors (Lipinski definition) is 1. The first-order valence-electron chi connectivity index (χ1n) is 7.49. The van der Waals surface area contributed by atoms with Gasteiger partial charge in [0.1, 0.15) is 0 Å². The van der Waals surface area contributed by atoms with E-state index in [0.717, 1.165) is 18.4 Å². The number of rotatable bonds is 7. The second-order valence-electron chi connectivity index (χ2n) is 5.20. The van der Waals surface area contributed by atoms with Crippen molar-refractivity contribution < 1.29 is 9.72 Å². The van der Waals surface area contributed by atoms with E-state index >= 15 is 0 Å². The minimum atomic E-state index is -0.457. The molecule has 0 fully saturated rings. The molecule has 2 aromatic rings. The summed E-state index contributed by atoms with van der Waals surface area (Å²) in [7, 11) is 0. The summed E-state index contributed by atoms with van der Waals surface area (Å²) in [6, 6.07) is 13.7. The van der Waals surface area contributed by atoms with E-state index in [9.17, 15) is 14.9 Å². The van der Waals surface area contributed by atoms with Gasteiger partial charge < -0.3 is 5.32 Å². The van der Waals surface area contributed by atoms with E-state index in [2.05, 4.69) is 5.32 Å². The molecule has 1 N–H and O–H groups in total. The molecule has 0 aromatic heterocycles. The SMILES string of the molecule is O=C(/C=C/c1ccc([N+](=O)[O-])cc1)NCCCc1ccc(Cl)cc1. The van der Waals surface area contributed by atoms with Crippen LogP contribution in [0.3, 0.4) is 0 Å². The molecule has 0 saturated heterocycles. The highest BCUT2D eigenvalue weighted by atomic mass is 35.5. The highest BCUT2D eigenvalue weighted by Gasteiger charge is 2.02. The predicted octanol–water partition coefficient (Wildman–Crippen LogP) is 4.01. The van der Waals surface area contributed by atoms with Crippen LogP contribution in [-0.4, -0.2) is 17.4 Å². The van der Waals surface area contributed by atoms with Crippen molar-refractivity contribution >= 4 is 29.3 Å². The molecule has 0 aliphatic carbocycles. The van der Waals surface area contributed by atoms with E-state index in [4.69, 9.17) is 11.6 Å². The Morgan fingerprint density at radius 3 is 2.42 bits per heavy atom. The Bertz CT molecular complexity index is 725. The molecule has 2 aromatic carbocycles. The number of nitrogens with one attached hydrogen (secondary N) is 1. The number of benzene rings is 2. The Balaban J connectivity index is 1.72. The van der Waals surface area contributed by atoms with Crippen LogP contribution in [0, 0.1) is 10.1 Å². The van der Waals surface area contributed by atoms with Gasteiger partial charge in [0.25, 0.3) is 5.69 Å². The zero-order valence-corrected chi connectivity index (χ0v) is 13.7. The summed E-state index contributed by atoms with van der Waals surface area (Å²) >= 11 is 5.83. The van der Waals surface area contributed by atoms with Crippen molar-refractivity contribution in [3.05, 3.63) is 80.9 Å². The van der Waals surface area contributed by atoms with Gasteiger partial charge in [0.15, 0.2) is 0 Å². The molecule has 0 spiro atoms. The van der Waals surface area contributed by atoms with Gasteiger partial charge in [-0.15, -0.1) is 0 Å². The van der Waals surface area contributed by atoms with Crippen LogP contribution in [0.5, 0.6) is 0 Å². The summed E-state index contributed by atoms with van der Waals surface area (Å²) in [5, 5.41) is 14.1. The zero-order valence-electron chi connectivity index (χ0n) is 12.9. The summed E-state index contributed by atoms with van der Waals surface area (Å²) in [5.74, 6) is -0.190. The molecule has 6 heteroatoms. The third kappa shape index (κ3) is 5.85. The molecule has 124 valence electrons.